The van der Waals surface area contributed by atoms with Crippen molar-refractivity contribution in [1.82, 2.24) is 4.72 Å². The molecule has 0 bridgehead atoms. The van der Waals surface area contributed by atoms with Crippen LogP contribution in [0.4, 0.5) is 5.69 Å². The third-order valence-electron chi connectivity index (χ3n) is 4.46. The van der Waals surface area contributed by atoms with Gasteiger partial charge in [-0.05, 0) is 42.2 Å². The molecule has 142 valence electrons. The van der Waals surface area contributed by atoms with Crippen molar-refractivity contribution in [2.45, 2.75) is 38.1 Å². The lowest BCUT2D eigenvalue weighted by Crippen LogP contribution is -2.34. The molecule has 2 N–H and O–H groups in total. The second-order valence-corrected chi connectivity index (χ2v) is 8.46. The number of sulfonamides is 1. The number of aryl methyl sites for hydroxylation is 1. The minimum Gasteiger partial charge on any atom is -0.324 e. The van der Waals surface area contributed by atoms with Gasteiger partial charge in [0.2, 0.25) is 5.91 Å². The number of anilines is 1. The normalized spacial score (nSPS) is 17.4. The van der Waals surface area contributed by atoms with E-state index < -0.39 is 16.1 Å². The minimum absolute atomic E-state index is 0.107. The van der Waals surface area contributed by atoms with Crippen LogP contribution in [-0.2, 0) is 21.2 Å². The van der Waals surface area contributed by atoms with E-state index in [1.807, 2.05) is 38.1 Å². The Morgan fingerprint density at radius 2 is 1.78 bits per heavy atom. The standard InChI is InChI=1S/C20H23N3O3S/c1-4-14-9-11-15(12-10-14)21-20(24)18(13(2)3)22-19-16-7-5-6-8-17(16)27(25,26)23-19/h5-13,18H,4H2,1-3H3,(H,21,24)(H,22,23). The molecule has 3 rings (SSSR count). The number of nitrogens with one attached hydrogen (secondary N) is 2. The molecule has 0 spiro atoms. The van der Waals surface area contributed by atoms with E-state index in [4.69, 9.17) is 0 Å². The second kappa shape index (κ2) is 7.52. The van der Waals surface area contributed by atoms with E-state index >= 15 is 0 Å². The molecule has 7 heteroatoms. The number of fused-ring (bicyclic) bond motifs is 1. The van der Waals surface area contributed by atoms with Crippen molar-refractivity contribution in [1.29, 1.82) is 0 Å². The monoisotopic (exact) mass is 385 g/mol. The quantitative estimate of drug-likeness (QED) is 0.829. The van der Waals surface area contributed by atoms with Gasteiger partial charge in [-0.2, -0.15) is 0 Å². The number of aliphatic imine (C=N–C) groups is 1. The van der Waals surface area contributed by atoms with E-state index in [-0.39, 0.29) is 22.6 Å². The molecule has 0 aliphatic carbocycles. The first-order valence-electron chi connectivity index (χ1n) is 8.91. The maximum Gasteiger partial charge on any atom is 0.263 e. The van der Waals surface area contributed by atoms with Crippen molar-refractivity contribution in [3.05, 3.63) is 59.7 Å². The summed E-state index contributed by atoms with van der Waals surface area (Å²) in [5, 5.41) is 2.87. The van der Waals surface area contributed by atoms with Gasteiger partial charge >= 0.3 is 0 Å². The lowest BCUT2D eigenvalue weighted by molar-refractivity contribution is -0.118. The largest absolute Gasteiger partial charge is 0.324 e. The first-order chi connectivity index (χ1) is 12.8. The number of benzene rings is 2. The average molecular weight is 385 g/mol. The van der Waals surface area contributed by atoms with Gasteiger partial charge in [0.25, 0.3) is 10.0 Å². The fourth-order valence-electron chi connectivity index (χ4n) is 2.92. The molecule has 1 atom stereocenters. The molecule has 0 saturated carbocycles. The molecular weight excluding hydrogens is 362 g/mol. The number of carbonyl (C=O) groups is 1. The zero-order chi connectivity index (χ0) is 19.6. The smallest absolute Gasteiger partial charge is 0.263 e. The Kier molecular flexibility index (Phi) is 5.32. The molecular formula is C20H23N3O3S. The summed E-state index contributed by atoms with van der Waals surface area (Å²) in [5.41, 5.74) is 2.37. The fourth-order valence-corrected chi connectivity index (χ4v) is 4.16. The summed E-state index contributed by atoms with van der Waals surface area (Å²) >= 11 is 0. The molecule has 1 amide bonds. The molecule has 1 heterocycles. The van der Waals surface area contributed by atoms with E-state index in [9.17, 15) is 13.2 Å². The third-order valence-corrected chi connectivity index (χ3v) is 5.86. The Morgan fingerprint density at radius 3 is 2.41 bits per heavy atom. The number of hydrogen-bond acceptors (Lipinski definition) is 4. The zero-order valence-electron chi connectivity index (χ0n) is 15.6. The van der Waals surface area contributed by atoms with Gasteiger partial charge in [0.15, 0.2) is 0 Å². The van der Waals surface area contributed by atoms with E-state index in [1.165, 1.54) is 11.6 Å². The first kappa shape index (κ1) is 19.1. The highest BCUT2D eigenvalue weighted by Crippen LogP contribution is 2.24. The molecule has 6 nitrogen and oxygen atoms in total. The predicted molar refractivity (Wildman–Crippen MR) is 106 cm³/mol. The summed E-state index contributed by atoms with van der Waals surface area (Å²) in [5.74, 6) is -0.171. The van der Waals surface area contributed by atoms with Gasteiger partial charge in [0, 0.05) is 11.3 Å². The van der Waals surface area contributed by atoms with Crippen LogP contribution in [0.5, 0.6) is 0 Å². The Morgan fingerprint density at radius 1 is 1.11 bits per heavy atom. The van der Waals surface area contributed by atoms with Crippen LogP contribution in [0, 0.1) is 5.92 Å². The molecule has 1 aliphatic rings. The molecule has 1 unspecified atom stereocenters. The maximum absolute atomic E-state index is 12.8. The number of amides is 1. The van der Waals surface area contributed by atoms with Gasteiger partial charge in [-0.1, -0.05) is 45.0 Å². The van der Waals surface area contributed by atoms with Crippen LogP contribution in [0.3, 0.4) is 0 Å². The van der Waals surface area contributed by atoms with Gasteiger partial charge in [0.05, 0.1) is 4.90 Å². The minimum atomic E-state index is -3.63. The van der Waals surface area contributed by atoms with E-state index in [0.29, 0.717) is 11.3 Å². The van der Waals surface area contributed by atoms with Gasteiger partial charge < -0.3 is 5.32 Å². The average Bonchev–Trinajstić information content (AvgIpc) is 2.90. The molecule has 0 saturated heterocycles. The Labute approximate surface area is 159 Å². The zero-order valence-corrected chi connectivity index (χ0v) is 16.4. The van der Waals surface area contributed by atoms with Crippen LogP contribution in [0.2, 0.25) is 0 Å². The van der Waals surface area contributed by atoms with Crippen LogP contribution in [0.15, 0.2) is 58.4 Å². The fraction of sp³-hybridized carbons (Fsp3) is 0.300. The number of hydrogen-bond donors (Lipinski definition) is 2. The molecule has 27 heavy (non-hydrogen) atoms. The van der Waals surface area contributed by atoms with Gasteiger partial charge in [0.1, 0.15) is 11.9 Å². The third kappa shape index (κ3) is 4.03. The van der Waals surface area contributed by atoms with Crippen molar-refractivity contribution < 1.29 is 13.2 Å². The number of carbonyl (C=O) groups excluding carboxylic acids is 1. The van der Waals surface area contributed by atoms with Gasteiger partial charge in [-0.15, -0.1) is 0 Å². The van der Waals surface area contributed by atoms with Crippen molar-refractivity contribution in [3.63, 3.8) is 0 Å². The lowest BCUT2D eigenvalue weighted by Gasteiger charge is -2.17. The van der Waals surface area contributed by atoms with Crippen LogP contribution in [0.1, 0.15) is 31.9 Å². The van der Waals surface area contributed by atoms with Gasteiger partial charge in [-0.25, -0.2) is 8.42 Å². The molecule has 0 aromatic heterocycles. The predicted octanol–water partition coefficient (Wildman–Crippen LogP) is 2.95. The highest BCUT2D eigenvalue weighted by atomic mass is 32.2. The Bertz CT molecular complexity index is 980. The maximum atomic E-state index is 12.8. The molecule has 0 radical (unpaired) electrons. The highest BCUT2D eigenvalue weighted by molar-refractivity contribution is 7.90. The molecule has 0 fully saturated rings. The van der Waals surface area contributed by atoms with Crippen molar-refractivity contribution in [2.24, 2.45) is 10.9 Å². The van der Waals surface area contributed by atoms with Crippen LogP contribution in [0.25, 0.3) is 0 Å². The Balaban J connectivity index is 1.88. The number of nitrogens with zero attached hydrogens (tertiary/aromatic N) is 1. The summed E-state index contributed by atoms with van der Waals surface area (Å²) in [7, 11) is -3.63. The van der Waals surface area contributed by atoms with Crippen LogP contribution < -0.4 is 10.0 Å². The summed E-state index contributed by atoms with van der Waals surface area (Å²) in [4.78, 5) is 17.4. The van der Waals surface area contributed by atoms with E-state index in [1.54, 1.807) is 18.2 Å². The summed E-state index contributed by atoms with van der Waals surface area (Å²) in [6.07, 6.45) is 0.927. The van der Waals surface area contributed by atoms with Gasteiger partial charge in [-0.3, -0.25) is 14.5 Å². The number of amidine groups is 1. The van der Waals surface area contributed by atoms with Crippen molar-refractivity contribution in [2.75, 3.05) is 5.32 Å². The molecule has 2 aromatic carbocycles. The summed E-state index contributed by atoms with van der Waals surface area (Å²) in [6.45, 7) is 5.83. The summed E-state index contributed by atoms with van der Waals surface area (Å²) in [6, 6.07) is 13.5. The number of rotatable bonds is 5. The SMILES string of the molecule is CCc1ccc(NC(=O)C(N=C2NS(=O)(=O)c3ccccc32)C(C)C)cc1. The van der Waals surface area contributed by atoms with E-state index in [0.717, 1.165) is 6.42 Å². The lowest BCUT2D eigenvalue weighted by atomic mass is 10.0. The topological polar surface area (TPSA) is 87.6 Å². The van der Waals surface area contributed by atoms with Crippen LogP contribution in [-0.4, -0.2) is 26.2 Å². The summed E-state index contributed by atoms with van der Waals surface area (Å²) < 4.78 is 26.9. The first-order valence-corrected chi connectivity index (χ1v) is 10.4. The van der Waals surface area contributed by atoms with Crippen molar-refractivity contribution in [3.8, 4) is 0 Å². The second-order valence-electron chi connectivity index (χ2n) is 6.81. The van der Waals surface area contributed by atoms with Crippen molar-refractivity contribution >= 4 is 27.5 Å². The van der Waals surface area contributed by atoms with Crippen LogP contribution >= 0.6 is 0 Å². The highest BCUT2D eigenvalue weighted by Gasteiger charge is 2.32. The molecule has 2 aromatic rings. The Hall–Kier alpha value is -2.67. The van der Waals surface area contributed by atoms with E-state index in [2.05, 4.69) is 22.0 Å². The molecule has 1 aliphatic heterocycles.